The topological polar surface area (TPSA) is 65.0 Å². The van der Waals surface area contributed by atoms with Crippen LogP contribution < -0.4 is 0 Å². The fraction of sp³-hybridized carbons (Fsp3) is 0.381. The molecule has 0 fully saturated rings. The molecule has 7 heteroatoms. The molecule has 2 rings (SSSR count). The van der Waals surface area contributed by atoms with Crippen molar-refractivity contribution < 1.29 is 24.1 Å². The quantitative estimate of drug-likeness (QED) is 0.346. The number of esters is 1. The number of hydrogen-bond donors (Lipinski definition) is 1. The Bertz CT molecular complexity index is 660. The number of carbonyl (C=O) groups excluding carboxylic acids is 1. The SMILES string of the molecule is COC(=O)c1ccc(COCSC)cc1.CSCOCc1ccc(CO)cc1. The molecule has 0 unspecified atom stereocenters. The van der Waals surface area contributed by atoms with Gasteiger partial charge < -0.3 is 19.3 Å². The van der Waals surface area contributed by atoms with E-state index in [9.17, 15) is 4.79 Å². The van der Waals surface area contributed by atoms with Crippen molar-refractivity contribution in [3.8, 4) is 0 Å². The maximum absolute atomic E-state index is 11.1. The smallest absolute Gasteiger partial charge is 0.337 e. The summed E-state index contributed by atoms with van der Waals surface area (Å²) in [7, 11) is 1.37. The van der Waals surface area contributed by atoms with E-state index in [1.165, 1.54) is 7.11 Å². The predicted molar refractivity (Wildman–Crippen MR) is 116 cm³/mol. The molecule has 0 heterocycles. The van der Waals surface area contributed by atoms with Crippen molar-refractivity contribution in [3.63, 3.8) is 0 Å². The third kappa shape index (κ3) is 10.1. The predicted octanol–water partition coefficient (Wildman–Crippen LogP) is 4.33. The van der Waals surface area contributed by atoms with Crippen molar-refractivity contribution in [2.75, 3.05) is 31.5 Å². The molecule has 28 heavy (non-hydrogen) atoms. The number of hydrogen-bond acceptors (Lipinski definition) is 7. The molecule has 0 radical (unpaired) electrons. The third-order valence-electron chi connectivity index (χ3n) is 3.52. The highest BCUT2D eigenvalue weighted by molar-refractivity contribution is 7.98. The molecule has 0 bridgehead atoms. The van der Waals surface area contributed by atoms with Gasteiger partial charge >= 0.3 is 5.97 Å². The van der Waals surface area contributed by atoms with Crippen LogP contribution in [-0.2, 0) is 34.0 Å². The first kappa shape index (κ1) is 24.5. The van der Waals surface area contributed by atoms with Gasteiger partial charge in [-0.1, -0.05) is 36.4 Å². The van der Waals surface area contributed by atoms with Gasteiger partial charge in [0.2, 0.25) is 0 Å². The summed E-state index contributed by atoms with van der Waals surface area (Å²) >= 11 is 3.30. The molecule has 0 saturated heterocycles. The van der Waals surface area contributed by atoms with Crippen LogP contribution in [0.15, 0.2) is 48.5 Å². The number of aliphatic hydroxyl groups excluding tert-OH is 1. The van der Waals surface area contributed by atoms with Gasteiger partial charge in [0.05, 0.1) is 44.4 Å². The van der Waals surface area contributed by atoms with Crippen LogP contribution in [0, 0.1) is 0 Å². The van der Waals surface area contributed by atoms with E-state index in [0.29, 0.717) is 24.7 Å². The molecule has 0 aliphatic carbocycles. The molecule has 0 aliphatic rings. The van der Waals surface area contributed by atoms with Gasteiger partial charge in [-0.3, -0.25) is 0 Å². The molecule has 5 nitrogen and oxygen atoms in total. The second-order valence-electron chi connectivity index (χ2n) is 5.67. The summed E-state index contributed by atoms with van der Waals surface area (Å²) in [4.78, 5) is 11.1. The Morgan fingerprint density at radius 3 is 1.64 bits per heavy atom. The van der Waals surface area contributed by atoms with E-state index in [4.69, 9.17) is 14.6 Å². The van der Waals surface area contributed by atoms with Gasteiger partial charge in [0, 0.05) is 0 Å². The van der Waals surface area contributed by atoms with E-state index in [1.807, 2.05) is 48.9 Å². The molecule has 2 aromatic rings. The first-order valence-corrected chi connectivity index (χ1v) is 11.4. The molecule has 0 spiro atoms. The van der Waals surface area contributed by atoms with Crippen LogP contribution in [0.25, 0.3) is 0 Å². The van der Waals surface area contributed by atoms with Crippen molar-refractivity contribution in [3.05, 3.63) is 70.8 Å². The Kier molecular flexibility index (Phi) is 13.5. The van der Waals surface area contributed by atoms with Crippen molar-refractivity contribution in [2.45, 2.75) is 19.8 Å². The number of methoxy groups -OCH3 is 1. The van der Waals surface area contributed by atoms with E-state index >= 15 is 0 Å². The zero-order valence-corrected chi connectivity index (χ0v) is 18.2. The number of thioether (sulfide) groups is 2. The van der Waals surface area contributed by atoms with Crippen LogP contribution >= 0.6 is 23.5 Å². The molecule has 154 valence electrons. The van der Waals surface area contributed by atoms with Gasteiger partial charge in [-0.2, -0.15) is 0 Å². The van der Waals surface area contributed by atoms with Crippen LogP contribution in [0.5, 0.6) is 0 Å². The first-order chi connectivity index (χ1) is 13.6. The van der Waals surface area contributed by atoms with E-state index < -0.39 is 0 Å². The van der Waals surface area contributed by atoms with Crippen molar-refractivity contribution in [1.29, 1.82) is 0 Å². The lowest BCUT2D eigenvalue weighted by Crippen LogP contribution is -2.01. The van der Waals surface area contributed by atoms with E-state index in [1.54, 1.807) is 35.7 Å². The standard InChI is InChI=1S/C11H14O3S.C10H14O2S/c1-13-11(12)10-5-3-9(4-6-10)7-14-8-15-2;1-13-8-12-7-10-4-2-9(6-11)3-5-10/h3-6H,7-8H2,1-2H3;2-5,11H,6-8H2,1H3. The van der Waals surface area contributed by atoms with Crippen LogP contribution in [0.3, 0.4) is 0 Å². The van der Waals surface area contributed by atoms with Crippen LogP contribution in [-0.4, -0.2) is 42.6 Å². The van der Waals surface area contributed by atoms with Gasteiger partial charge in [0.25, 0.3) is 0 Å². The Morgan fingerprint density at radius 2 is 1.25 bits per heavy atom. The fourth-order valence-corrected chi connectivity index (χ4v) is 2.58. The Labute approximate surface area is 175 Å². The lowest BCUT2D eigenvalue weighted by atomic mass is 10.1. The summed E-state index contributed by atoms with van der Waals surface area (Å²) in [6.45, 7) is 1.32. The summed E-state index contributed by atoms with van der Waals surface area (Å²) in [5.74, 6) is 1.09. The molecule has 0 aromatic heterocycles. The van der Waals surface area contributed by atoms with Crippen molar-refractivity contribution >= 4 is 29.5 Å². The average molecular weight is 425 g/mol. The Morgan fingerprint density at radius 1 is 0.821 bits per heavy atom. The second kappa shape index (κ2) is 15.4. The van der Waals surface area contributed by atoms with Crippen molar-refractivity contribution in [1.82, 2.24) is 0 Å². The Balaban J connectivity index is 0.000000283. The molecule has 0 amide bonds. The average Bonchev–Trinajstić information content (AvgIpc) is 2.75. The maximum Gasteiger partial charge on any atom is 0.337 e. The number of ether oxygens (including phenoxy) is 3. The number of carbonyl (C=O) groups is 1. The van der Waals surface area contributed by atoms with Crippen molar-refractivity contribution in [2.24, 2.45) is 0 Å². The highest BCUT2D eigenvalue weighted by Crippen LogP contribution is 2.08. The Hall–Kier alpha value is -1.51. The summed E-state index contributed by atoms with van der Waals surface area (Å²) in [6.07, 6.45) is 4.00. The van der Waals surface area contributed by atoms with E-state index in [-0.39, 0.29) is 12.6 Å². The lowest BCUT2D eigenvalue weighted by Gasteiger charge is -2.03. The fourth-order valence-electron chi connectivity index (χ4n) is 2.08. The van der Waals surface area contributed by atoms with Crippen LogP contribution in [0.1, 0.15) is 27.0 Å². The maximum atomic E-state index is 11.1. The number of rotatable bonds is 10. The summed E-state index contributed by atoms with van der Waals surface area (Å²) in [5, 5.41) is 8.81. The molecule has 0 atom stereocenters. The van der Waals surface area contributed by atoms with Crippen LogP contribution in [0.4, 0.5) is 0 Å². The van der Waals surface area contributed by atoms with E-state index in [2.05, 4.69) is 4.74 Å². The highest BCUT2D eigenvalue weighted by atomic mass is 32.2. The summed E-state index contributed by atoms with van der Waals surface area (Å²) in [5.41, 5.74) is 3.70. The molecule has 2 aromatic carbocycles. The van der Waals surface area contributed by atoms with Crippen LogP contribution in [0.2, 0.25) is 0 Å². The zero-order chi connectivity index (χ0) is 20.6. The largest absolute Gasteiger partial charge is 0.465 e. The van der Waals surface area contributed by atoms with Gasteiger partial charge in [0.15, 0.2) is 0 Å². The lowest BCUT2D eigenvalue weighted by molar-refractivity contribution is 0.0600. The second-order valence-corrected chi connectivity index (χ2v) is 7.30. The summed E-state index contributed by atoms with van der Waals surface area (Å²) in [6, 6.07) is 15.0. The number of aliphatic hydroxyl groups is 1. The highest BCUT2D eigenvalue weighted by Gasteiger charge is 2.03. The van der Waals surface area contributed by atoms with Gasteiger partial charge in [-0.05, 0) is 41.3 Å². The molecular formula is C21H28O5S2. The first-order valence-electron chi connectivity index (χ1n) is 8.63. The minimum Gasteiger partial charge on any atom is -0.465 e. The summed E-state index contributed by atoms with van der Waals surface area (Å²) < 4.78 is 15.3. The van der Waals surface area contributed by atoms with Gasteiger partial charge in [-0.15, -0.1) is 23.5 Å². The molecule has 0 saturated carbocycles. The minimum atomic E-state index is -0.313. The molecule has 0 aliphatic heterocycles. The molecular weight excluding hydrogens is 396 g/mol. The van der Waals surface area contributed by atoms with Gasteiger partial charge in [-0.25, -0.2) is 4.79 Å². The van der Waals surface area contributed by atoms with Gasteiger partial charge in [0.1, 0.15) is 0 Å². The number of benzene rings is 2. The zero-order valence-electron chi connectivity index (χ0n) is 16.6. The minimum absolute atomic E-state index is 0.103. The normalized spacial score (nSPS) is 10.1. The van der Waals surface area contributed by atoms with E-state index in [0.717, 1.165) is 22.6 Å². The monoisotopic (exact) mass is 424 g/mol. The molecule has 1 N–H and O–H groups in total. The third-order valence-corrected chi connectivity index (χ3v) is 4.33.